The molecule has 1 saturated heterocycles. The molecule has 14 heavy (non-hydrogen) atoms. The van der Waals surface area contributed by atoms with Gasteiger partial charge < -0.3 is 16.4 Å². The number of hydrogen-bond donors (Lipinski definition) is 2. The number of nitrogens with two attached hydrogens (primary N) is 2. The number of anilines is 2. The van der Waals surface area contributed by atoms with Crippen LogP contribution in [0.2, 0.25) is 5.15 Å². The van der Waals surface area contributed by atoms with Crippen molar-refractivity contribution in [3.05, 3.63) is 5.15 Å². The van der Waals surface area contributed by atoms with Crippen LogP contribution in [0, 0.1) is 0 Å². The topological polar surface area (TPSA) is 94.0 Å². The van der Waals surface area contributed by atoms with Gasteiger partial charge >= 0.3 is 0 Å². The molecule has 4 N–H and O–H groups in total. The smallest absolute Gasteiger partial charge is 0.247 e. The van der Waals surface area contributed by atoms with Gasteiger partial charge in [0, 0.05) is 19.1 Å². The molecule has 0 amide bonds. The van der Waals surface area contributed by atoms with Gasteiger partial charge in [-0.15, -0.1) is 10.2 Å². The lowest BCUT2D eigenvalue weighted by Crippen LogP contribution is -2.28. The van der Waals surface area contributed by atoms with Crippen LogP contribution in [0.15, 0.2) is 0 Å². The Kier molecular flexibility index (Phi) is 2.39. The summed E-state index contributed by atoms with van der Waals surface area (Å²) in [5.41, 5.74) is 11.3. The van der Waals surface area contributed by atoms with E-state index in [0.717, 1.165) is 19.5 Å². The van der Waals surface area contributed by atoms with Crippen LogP contribution in [-0.2, 0) is 0 Å². The zero-order valence-corrected chi connectivity index (χ0v) is 8.28. The minimum absolute atomic E-state index is 0.136. The molecule has 76 valence electrons. The van der Waals surface area contributed by atoms with Crippen LogP contribution < -0.4 is 16.4 Å². The van der Waals surface area contributed by atoms with Crippen molar-refractivity contribution in [2.75, 3.05) is 23.7 Å². The third-order valence-corrected chi connectivity index (χ3v) is 2.44. The van der Waals surface area contributed by atoms with Gasteiger partial charge in [0.25, 0.3) is 0 Å². The first-order valence-electron chi connectivity index (χ1n) is 4.33. The molecule has 1 fully saturated rings. The summed E-state index contributed by atoms with van der Waals surface area (Å²) in [7, 11) is 0. The lowest BCUT2D eigenvalue weighted by atomic mass is 10.3. The van der Waals surface area contributed by atoms with Crippen molar-refractivity contribution in [1.82, 2.24) is 15.2 Å². The van der Waals surface area contributed by atoms with Crippen molar-refractivity contribution in [3.63, 3.8) is 0 Å². The second kappa shape index (κ2) is 3.55. The van der Waals surface area contributed by atoms with Crippen molar-refractivity contribution in [1.29, 1.82) is 0 Å². The maximum atomic E-state index is 5.76. The number of rotatable bonds is 1. The van der Waals surface area contributed by atoms with Gasteiger partial charge in [-0.05, 0) is 6.42 Å². The molecule has 0 spiro atoms. The number of aromatic nitrogens is 3. The van der Waals surface area contributed by atoms with Crippen LogP contribution in [0.1, 0.15) is 6.42 Å². The summed E-state index contributed by atoms with van der Waals surface area (Å²) >= 11 is 5.61. The summed E-state index contributed by atoms with van der Waals surface area (Å²) in [6.07, 6.45) is 0.936. The van der Waals surface area contributed by atoms with Crippen molar-refractivity contribution in [3.8, 4) is 0 Å². The maximum absolute atomic E-state index is 5.76. The van der Waals surface area contributed by atoms with Gasteiger partial charge in [0.05, 0.1) is 0 Å². The molecule has 2 rings (SSSR count). The monoisotopic (exact) mass is 214 g/mol. The van der Waals surface area contributed by atoms with Crippen molar-refractivity contribution in [2.24, 2.45) is 5.73 Å². The average molecular weight is 215 g/mol. The first-order valence-corrected chi connectivity index (χ1v) is 4.71. The minimum Gasteiger partial charge on any atom is -0.381 e. The van der Waals surface area contributed by atoms with E-state index >= 15 is 0 Å². The van der Waals surface area contributed by atoms with Crippen LogP contribution in [0.25, 0.3) is 0 Å². The molecule has 0 aromatic carbocycles. The molecular formula is C7H11ClN6. The third kappa shape index (κ3) is 1.71. The Labute approximate surface area is 86.3 Å². The van der Waals surface area contributed by atoms with Gasteiger partial charge in [0.2, 0.25) is 5.95 Å². The molecule has 6 nitrogen and oxygen atoms in total. The Bertz CT molecular complexity index is 343. The molecule has 1 unspecified atom stereocenters. The molecule has 7 heteroatoms. The van der Waals surface area contributed by atoms with Crippen LogP contribution in [0.5, 0.6) is 0 Å². The van der Waals surface area contributed by atoms with E-state index in [1.54, 1.807) is 0 Å². The van der Waals surface area contributed by atoms with Gasteiger partial charge in [0.15, 0.2) is 11.0 Å². The summed E-state index contributed by atoms with van der Waals surface area (Å²) in [5, 5.41) is 7.68. The highest BCUT2D eigenvalue weighted by atomic mass is 35.5. The number of halogens is 1. The summed E-state index contributed by atoms with van der Waals surface area (Å²) in [6, 6.07) is 0.176. The van der Waals surface area contributed by atoms with Gasteiger partial charge in [-0.2, -0.15) is 4.98 Å². The maximum Gasteiger partial charge on any atom is 0.247 e. The van der Waals surface area contributed by atoms with Gasteiger partial charge in [-0.25, -0.2) is 0 Å². The van der Waals surface area contributed by atoms with Crippen molar-refractivity contribution in [2.45, 2.75) is 12.5 Å². The van der Waals surface area contributed by atoms with E-state index in [9.17, 15) is 0 Å². The largest absolute Gasteiger partial charge is 0.381 e. The first-order chi connectivity index (χ1) is 6.66. The van der Waals surface area contributed by atoms with E-state index in [4.69, 9.17) is 23.1 Å². The standard InChI is InChI=1S/C7H11ClN6/c8-5-6(10)11-7(13-12-5)14-2-1-4(9)3-14/h4H,1-3,9H2,(H2,10,11,13). The van der Waals surface area contributed by atoms with E-state index in [2.05, 4.69) is 15.2 Å². The van der Waals surface area contributed by atoms with Crippen LogP contribution >= 0.6 is 11.6 Å². The molecule has 0 aliphatic carbocycles. The average Bonchev–Trinajstić information content (AvgIpc) is 2.57. The van der Waals surface area contributed by atoms with Crippen LogP contribution in [0.3, 0.4) is 0 Å². The third-order valence-electron chi connectivity index (χ3n) is 2.17. The Morgan fingerprint density at radius 3 is 2.79 bits per heavy atom. The Morgan fingerprint density at radius 1 is 1.43 bits per heavy atom. The van der Waals surface area contributed by atoms with Gasteiger partial charge in [-0.3, -0.25) is 0 Å². The van der Waals surface area contributed by atoms with E-state index in [-0.39, 0.29) is 17.0 Å². The highest BCUT2D eigenvalue weighted by Gasteiger charge is 2.22. The number of hydrogen-bond acceptors (Lipinski definition) is 6. The van der Waals surface area contributed by atoms with Crippen molar-refractivity contribution >= 4 is 23.4 Å². The van der Waals surface area contributed by atoms with Crippen molar-refractivity contribution < 1.29 is 0 Å². The normalized spacial score (nSPS) is 21.6. The molecule has 1 aliphatic heterocycles. The van der Waals surface area contributed by atoms with Crippen LogP contribution in [-0.4, -0.2) is 34.3 Å². The molecule has 1 aromatic rings. The summed E-state index contributed by atoms with van der Waals surface area (Å²) in [5.74, 6) is 0.706. The second-order valence-corrected chi connectivity index (χ2v) is 3.64. The molecule has 0 bridgehead atoms. The highest BCUT2D eigenvalue weighted by molar-refractivity contribution is 6.31. The Balaban J connectivity index is 2.20. The summed E-state index contributed by atoms with van der Waals surface area (Å²) in [6.45, 7) is 1.58. The zero-order valence-electron chi connectivity index (χ0n) is 7.52. The summed E-state index contributed by atoms with van der Waals surface area (Å²) < 4.78 is 0. The van der Waals surface area contributed by atoms with Crippen LogP contribution in [0.4, 0.5) is 11.8 Å². The van der Waals surface area contributed by atoms with E-state index in [1.807, 2.05) is 4.90 Å². The summed E-state index contributed by atoms with van der Waals surface area (Å²) in [4.78, 5) is 5.98. The molecule has 1 atom stereocenters. The van der Waals surface area contributed by atoms with E-state index < -0.39 is 0 Å². The zero-order chi connectivity index (χ0) is 10.1. The minimum atomic E-state index is 0.136. The fourth-order valence-corrected chi connectivity index (χ4v) is 1.50. The molecule has 0 radical (unpaired) electrons. The van der Waals surface area contributed by atoms with Gasteiger partial charge in [0.1, 0.15) is 0 Å². The Hall–Kier alpha value is -1.14. The predicted octanol–water partition coefficient (Wildman–Crippen LogP) is -0.355. The highest BCUT2D eigenvalue weighted by Crippen LogP contribution is 2.18. The lowest BCUT2D eigenvalue weighted by molar-refractivity contribution is 0.748. The second-order valence-electron chi connectivity index (χ2n) is 3.28. The molecule has 1 aliphatic rings. The lowest BCUT2D eigenvalue weighted by Gasteiger charge is -2.14. The number of nitrogens with zero attached hydrogens (tertiary/aromatic N) is 4. The first kappa shape index (κ1) is 9.42. The quantitative estimate of drug-likeness (QED) is 0.664. The Morgan fingerprint density at radius 2 is 2.21 bits per heavy atom. The fourth-order valence-electron chi connectivity index (χ4n) is 1.42. The molecule has 0 saturated carbocycles. The molecular weight excluding hydrogens is 204 g/mol. The fraction of sp³-hybridized carbons (Fsp3) is 0.571. The van der Waals surface area contributed by atoms with E-state index in [1.165, 1.54) is 0 Å². The number of nitrogen functional groups attached to an aromatic ring is 1. The van der Waals surface area contributed by atoms with E-state index in [0.29, 0.717) is 5.95 Å². The SMILES string of the molecule is Nc1nc(N2CCC(N)C2)nnc1Cl. The molecule has 2 heterocycles. The molecule has 1 aromatic heterocycles. The van der Waals surface area contributed by atoms with Gasteiger partial charge in [-0.1, -0.05) is 11.6 Å². The predicted molar refractivity (Wildman–Crippen MR) is 54.1 cm³/mol.